The number of aliphatic hydroxyl groups is 1. The number of ether oxygens (including phenoxy) is 2. The molecule has 1 aromatic heterocycles. The molecule has 0 atom stereocenters. The topological polar surface area (TPSA) is 144 Å². The molecule has 1 aromatic carbocycles. The molecular weight excluding hydrogens is 435 g/mol. The average molecular weight is 449 g/mol. The van der Waals surface area contributed by atoms with Crippen molar-refractivity contribution in [3.8, 4) is 11.6 Å². The highest BCUT2D eigenvalue weighted by molar-refractivity contribution is 7.90. The summed E-state index contributed by atoms with van der Waals surface area (Å²) in [6.45, 7) is -0.339. The number of hydrogen-bond acceptors (Lipinski definition) is 8. The average Bonchev–Trinajstić information content (AvgIpc) is 2.65. The van der Waals surface area contributed by atoms with Crippen LogP contribution in [0.2, 0.25) is 0 Å². The molecule has 2 rings (SSSR count). The van der Waals surface area contributed by atoms with E-state index in [-0.39, 0.29) is 24.6 Å². The summed E-state index contributed by atoms with van der Waals surface area (Å²) in [6, 6.07) is 5.48. The van der Waals surface area contributed by atoms with Gasteiger partial charge in [0.1, 0.15) is 5.75 Å². The highest BCUT2D eigenvalue weighted by atomic mass is 32.2. The molecule has 1 heterocycles. The fraction of sp³-hybridized carbons (Fsp3) is 0.188. The SMILES string of the molecule is O=C(NCCO)Oc1ccc(C(=O)NS(=O)(=O)c2ccc(OC(F)(F)F)cc2)cn1. The van der Waals surface area contributed by atoms with Crippen LogP contribution in [0.4, 0.5) is 18.0 Å². The zero-order chi connectivity index (χ0) is 22.4. The Labute approximate surface area is 167 Å². The number of nitrogens with one attached hydrogen (secondary N) is 2. The fourth-order valence-corrected chi connectivity index (χ4v) is 2.90. The molecule has 0 aliphatic rings. The lowest BCUT2D eigenvalue weighted by Crippen LogP contribution is -2.31. The first kappa shape index (κ1) is 22.9. The van der Waals surface area contributed by atoms with Crippen molar-refractivity contribution in [3.05, 3.63) is 48.2 Å². The second-order valence-electron chi connectivity index (χ2n) is 5.38. The van der Waals surface area contributed by atoms with Gasteiger partial charge in [-0.1, -0.05) is 0 Å². The van der Waals surface area contributed by atoms with Crippen molar-refractivity contribution >= 4 is 22.0 Å². The largest absolute Gasteiger partial charge is 0.573 e. The second-order valence-corrected chi connectivity index (χ2v) is 7.06. The van der Waals surface area contributed by atoms with Gasteiger partial charge in [-0.2, -0.15) is 0 Å². The van der Waals surface area contributed by atoms with Crippen molar-refractivity contribution in [2.45, 2.75) is 11.3 Å². The molecule has 0 radical (unpaired) electrons. The minimum Gasteiger partial charge on any atom is -0.406 e. The third-order valence-electron chi connectivity index (χ3n) is 3.17. The predicted octanol–water partition coefficient (Wildman–Crippen LogP) is 1.18. The van der Waals surface area contributed by atoms with Gasteiger partial charge < -0.3 is 19.9 Å². The van der Waals surface area contributed by atoms with E-state index in [1.165, 1.54) is 0 Å². The zero-order valence-corrected chi connectivity index (χ0v) is 15.7. The lowest BCUT2D eigenvalue weighted by atomic mass is 10.3. The Morgan fingerprint density at radius 1 is 1.10 bits per heavy atom. The van der Waals surface area contributed by atoms with Gasteiger partial charge in [-0.25, -0.2) is 22.9 Å². The van der Waals surface area contributed by atoms with Crippen molar-refractivity contribution < 1.29 is 45.8 Å². The summed E-state index contributed by atoms with van der Waals surface area (Å²) in [7, 11) is -4.39. The molecule has 3 N–H and O–H groups in total. The summed E-state index contributed by atoms with van der Waals surface area (Å²) in [5.41, 5.74) is -0.196. The molecule has 10 nitrogen and oxygen atoms in total. The number of hydrogen-bond donors (Lipinski definition) is 3. The summed E-state index contributed by atoms with van der Waals surface area (Å²) in [4.78, 5) is 26.6. The van der Waals surface area contributed by atoms with E-state index >= 15 is 0 Å². The van der Waals surface area contributed by atoms with E-state index in [0.29, 0.717) is 0 Å². The van der Waals surface area contributed by atoms with Crippen LogP contribution in [-0.2, 0) is 10.0 Å². The lowest BCUT2D eigenvalue weighted by Gasteiger charge is -2.10. The van der Waals surface area contributed by atoms with Gasteiger partial charge in [-0.3, -0.25) is 4.79 Å². The van der Waals surface area contributed by atoms with Gasteiger partial charge >= 0.3 is 12.5 Å². The summed E-state index contributed by atoms with van der Waals surface area (Å²) in [5.74, 6) is -1.89. The molecule has 0 bridgehead atoms. The third-order valence-corrected chi connectivity index (χ3v) is 4.52. The fourth-order valence-electron chi connectivity index (χ4n) is 1.92. The van der Waals surface area contributed by atoms with E-state index in [4.69, 9.17) is 9.84 Å². The Bertz CT molecular complexity index is 994. The van der Waals surface area contributed by atoms with E-state index in [9.17, 15) is 31.2 Å². The molecule has 0 saturated heterocycles. The number of aliphatic hydroxyl groups excluding tert-OH is 1. The minimum absolute atomic E-state index is 0.0412. The van der Waals surface area contributed by atoms with Crippen LogP contribution in [0.3, 0.4) is 0 Å². The van der Waals surface area contributed by atoms with Crippen LogP contribution in [0.25, 0.3) is 0 Å². The van der Waals surface area contributed by atoms with Gasteiger partial charge in [0.05, 0.1) is 17.1 Å². The number of nitrogens with zero attached hydrogens (tertiary/aromatic N) is 1. The monoisotopic (exact) mass is 449 g/mol. The number of benzene rings is 1. The molecule has 162 valence electrons. The number of carbonyl (C=O) groups excluding carboxylic acids is 2. The smallest absolute Gasteiger partial charge is 0.406 e. The molecule has 14 heteroatoms. The Balaban J connectivity index is 2.03. The van der Waals surface area contributed by atoms with Gasteiger partial charge in [0, 0.05) is 18.8 Å². The first-order chi connectivity index (χ1) is 14.0. The summed E-state index contributed by atoms with van der Waals surface area (Å²) < 4.78 is 71.0. The van der Waals surface area contributed by atoms with Gasteiger partial charge in [-0.15, -0.1) is 13.2 Å². The molecule has 0 aliphatic heterocycles. The molecule has 0 unspecified atom stereocenters. The minimum atomic E-state index is -4.93. The quantitative estimate of drug-likeness (QED) is 0.572. The van der Waals surface area contributed by atoms with Crippen molar-refractivity contribution in [1.82, 2.24) is 15.0 Å². The Morgan fingerprint density at radius 3 is 2.30 bits per heavy atom. The number of sulfonamides is 1. The van der Waals surface area contributed by atoms with E-state index in [1.807, 2.05) is 0 Å². The second kappa shape index (κ2) is 9.41. The highest BCUT2D eigenvalue weighted by Gasteiger charge is 2.31. The highest BCUT2D eigenvalue weighted by Crippen LogP contribution is 2.24. The molecule has 30 heavy (non-hydrogen) atoms. The van der Waals surface area contributed by atoms with Crippen molar-refractivity contribution in [2.24, 2.45) is 0 Å². The van der Waals surface area contributed by atoms with E-state index in [2.05, 4.69) is 15.0 Å². The Kier molecular flexibility index (Phi) is 7.18. The molecule has 2 aromatic rings. The van der Waals surface area contributed by atoms with Crippen LogP contribution in [0, 0.1) is 0 Å². The first-order valence-corrected chi connectivity index (χ1v) is 9.44. The number of halogens is 3. The van der Waals surface area contributed by atoms with Gasteiger partial charge in [-0.05, 0) is 30.3 Å². The predicted molar refractivity (Wildman–Crippen MR) is 93.1 cm³/mol. The van der Waals surface area contributed by atoms with Gasteiger partial charge in [0.2, 0.25) is 5.88 Å². The van der Waals surface area contributed by atoms with Crippen molar-refractivity contribution in [2.75, 3.05) is 13.2 Å². The molecule has 0 saturated carbocycles. The Hall–Kier alpha value is -3.39. The summed E-state index contributed by atoms with van der Waals surface area (Å²) in [5, 5.41) is 10.8. The van der Waals surface area contributed by atoms with E-state index < -0.39 is 39.0 Å². The van der Waals surface area contributed by atoms with Gasteiger partial charge in [0.15, 0.2) is 0 Å². The van der Waals surface area contributed by atoms with Crippen LogP contribution in [0.15, 0.2) is 47.5 Å². The number of amides is 2. The molecule has 2 amide bonds. The van der Waals surface area contributed by atoms with Crippen molar-refractivity contribution in [3.63, 3.8) is 0 Å². The third kappa shape index (κ3) is 6.89. The number of aromatic nitrogens is 1. The maximum absolute atomic E-state index is 12.2. The van der Waals surface area contributed by atoms with E-state index in [0.717, 1.165) is 42.6 Å². The number of alkyl halides is 3. The standard InChI is InChI=1S/C16H14F3N3O7S/c17-16(18,19)29-11-2-4-12(5-3-11)30(26,27)22-14(24)10-1-6-13(21-9-10)28-15(25)20-7-8-23/h1-6,9,23H,7-8H2,(H,20,25)(H,22,24). The maximum Gasteiger partial charge on any atom is 0.573 e. The molecule has 0 fully saturated rings. The normalized spacial score (nSPS) is 11.5. The number of rotatable bonds is 7. The van der Waals surface area contributed by atoms with Crippen LogP contribution < -0.4 is 19.5 Å². The molecular formula is C16H14F3N3O7S. The van der Waals surface area contributed by atoms with Crippen LogP contribution >= 0.6 is 0 Å². The summed E-state index contributed by atoms with van der Waals surface area (Å²) >= 11 is 0. The van der Waals surface area contributed by atoms with Gasteiger partial charge in [0.25, 0.3) is 15.9 Å². The van der Waals surface area contributed by atoms with Crippen LogP contribution in [0.5, 0.6) is 11.6 Å². The summed E-state index contributed by atoms with van der Waals surface area (Å²) in [6.07, 6.45) is -4.88. The number of pyridine rings is 1. The first-order valence-electron chi connectivity index (χ1n) is 7.96. The molecule has 0 aliphatic carbocycles. The maximum atomic E-state index is 12.2. The zero-order valence-electron chi connectivity index (χ0n) is 14.8. The van der Waals surface area contributed by atoms with E-state index in [1.54, 1.807) is 4.72 Å². The Morgan fingerprint density at radius 2 is 1.77 bits per heavy atom. The lowest BCUT2D eigenvalue weighted by molar-refractivity contribution is -0.274. The molecule has 0 spiro atoms. The van der Waals surface area contributed by atoms with Crippen LogP contribution in [-0.4, -0.2) is 50.0 Å². The van der Waals surface area contributed by atoms with Crippen LogP contribution in [0.1, 0.15) is 10.4 Å². The number of carbonyl (C=O) groups is 2. The van der Waals surface area contributed by atoms with Crippen molar-refractivity contribution in [1.29, 1.82) is 0 Å².